The van der Waals surface area contributed by atoms with Gasteiger partial charge in [-0.25, -0.2) is 18.3 Å². The van der Waals surface area contributed by atoms with E-state index in [2.05, 4.69) is 10.3 Å². The summed E-state index contributed by atoms with van der Waals surface area (Å²) in [6.07, 6.45) is 0. The van der Waals surface area contributed by atoms with E-state index in [9.17, 15) is 18.7 Å². The second kappa shape index (κ2) is 5.36. The number of carboxylic acids is 1. The molecule has 0 saturated carbocycles. The highest BCUT2D eigenvalue weighted by atomic mass is 19.1. The number of halogens is 2. The largest absolute Gasteiger partial charge is 0.476 e. The normalized spacial score (nSPS) is 10.6. The van der Waals surface area contributed by atoms with Gasteiger partial charge in [0.25, 0.3) is 0 Å². The summed E-state index contributed by atoms with van der Waals surface area (Å²) in [5.41, 5.74) is 0.0421. The van der Waals surface area contributed by atoms with Crippen molar-refractivity contribution in [1.29, 1.82) is 0 Å². The Morgan fingerprint density at radius 2 is 1.73 bits per heavy atom. The fourth-order valence-electron chi connectivity index (χ4n) is 2.08. The Bertz CT molecular complexity index is 844. The number of carboxylic acid groups (broad SMARTS) is 1. The number of rotatable bonds is 3. The minimum atomic E-state index is -1.33. The van der Waals surface area contributed by atoms with Crippen LogP contribution in [0.25, 0.3) is 16.9 Å². The van der Waals surface area contributed by atoms with Crippen molar-refractivity contribution in [3.63, 3.8) is 0 Å². The van der Waals surface area contributed by atoms with Crippen LogP contribution in [-0.4, -0.2) is 26.1 Å². The van der Waals surface area contributed by atoms with Gasteiger partial charge >= 0.3 is 5.97 Å². The Balaban J connectivity index is 2.27. The third-order valence-corrected chi connectivity index (χ3v) is 3.07. The van der Waals surface area contributed by atoms with Crippen LogP contribution in [0.2, 0.25) is 0 Å². The van der Waals surface area contributed by atoms with E-state index in [0.29, 0.717) is 5.69 Å². The van der Waals surface area contributed by atoms with Gasteiger partial charge in [0.2, 0.25) is 0 Å². The van der Waals surface area contributed by atoms with E-state index >= 15 is 0 Å². The van der Waals surface area contributed by atoms with Crippen LogP contribution in [0.1, 0.15) is 10.5 Å². The first kappa shape index (κ1) is 13.9. The molecule has 2 aromatic carbocycles. The third kappa shape index (κ3) is 2.32. The maximum absolute atomic E-state index is 14.0. The molecule has 0 aliphatic carbocycles. The van der Waals surface area contributed by atoms with Crippen LogP contribution in [0.15, 0.2) is 48.5 Å². The summed E-state index contributed by atoms with van der Waals surface area (Å²) >= 11 is 0. The van der Waals surface area contributed by atoms with Crippen molar-refractivity contribution in [2.24, 2.45) is 0 Å². The molecule has 22 heavy (non-hydrogen) atoms. The first-order chi connectivity index (χ1) is 10.6. The summed E-state index contributed by atoms with van der Waals surface area (Å²) in [7, 11) is 0. The monoisotopic (exact) mass is 301 g/mol. The van der Waals surface area contributed by atoms with Crippen LogP contribution in [0, 0.1) is 11.6 Å². The standard InChI is InChI=1S/C15H9F2N3O2/c16-9-5-7-10(8-6-9)20-14(13(15(21)22)18-19-20)11-3-1-2-4-12(11)17/h1-8H,(H,21,22). The quantitative estimate of drug-likeness (QED) is 0.807. The van der Waals surface area contributed by atoms with Crippen molar-refractivity contribution >= 4 is 5.97 Å². The number of nitrogens with zero attached hydrogens (tertiary/aromatic N) is 3. The highest BCUT2D eigenvalue weighted by molar-refractivity contribution is 5.93. The lowest BCUT2D eigenvalue weighted by Crippen LogP contribution is -2.04. The molecular formula is C15H9F2N3O2. The highest BCUT2D eigenvalue weighted by Gasteiger charge is 2.23. The Labute approximate surface area is 123 Å². The SMILES string of the molecule is O=C(O)c1nnn(-c2ccc(F)cc2)c1-c1ccccc1F. The van der Waals surface area contributed by atoms with Crippen molar-refractivity contribution in [3.05, 3.63) is 65.9 Å². The van der Waals surface area contributed by atoms with Crippen LogP contribution < -0.4 is 0 Å². The molecule has 1 heterocycles. The van der Waals surface area contributed by atoms with Crippen molar-refractivity contribution in [3.8, 4) is 16.9 Å². The number of aromatic carboxylic acids is 1. The van der Waals surface area contributed by atoms with E-state index in [1.54, 1.807) is 6.07 Å². The number of benzene rings is 2. The van der Waals surface area contributed by atoms with Crippen molar-refractivity contribution in [2.45, 2.75) is 0 Å². The second-order valence-electron chi connectivity index (χ2n) is 4.46. The molecule has 3 aromatic rings. The van der Waals surface area contributed by atoms with Gasteiger partial charge in [0.1, 0.15) is 17.3 Å². The second-order valence-corrected chi connectivity index (χ2v) is 4.46. The summed E-state index contributed by atoms with van der Waals surface area (Å²) < 4.78 is 28.2. The van der Waals surface area contributed by atoms with Gasteiger partial charge in [-0.15, -0.1) is 5.10 Å². The molecule has 1 N–H and O–H groups in total. The zero-order valence-electron chi connectivity index (χ0n) is 11.1. The van der Waals surface area contributed by atoms with Crippen LogP contribution in [0.5, 0.6) is 0 Å². The van der Waals surface area contributed by atoms with Gasteiger partial charge in [-0.3, -0.25) is 0 Å². The Hall–Kier alpha value is -3.09. The lowest BCUT2D eigenvalue weighted by molar-refractivity contribution is 0.0691. The Morgan fingerprint density at radius 1 is 1.05 bits per heavy atom. The molecule has 0 radical (unpaired) electrons. The lowest BCUT2D eigenvalue weighted by Gasteiger charge is -2.08. The van der Waals surface area contributed by atoms with Gasteiger partial charge in [0.05, 0.1) is 5.69 Å². The molecule has 0 bridgehead atoms. The van der Waals surface area contributed by atoms with Gasteiger partial charge in [-0.05, 0) is 36.4 Å². The maximum atomic E-state index is 14.0. The fraction of sp³-hybridized carbons (Fsp3) is 0. The Kier molecular flexibility index (Phi) is 3.38. The minimum Gasteiger partial charge on any atom is -0.476 e. The van der Waals surface area contributed by atoms with Gasteiger partial charge in [-0.2, -0.15) is 0 Å². The number of hydrogen-bond donors (Lipinski definition) is 1. The average Bonchev–Trinajstić information content (AvgIpc) is 2.93. The van der Waals surface area contributed by atoms with Crippen LogP contribution in [-0.2, 0) is 0 Å². The van der Waals surface area contributed by atoms with Gasteiger partial charge in [0, 0.05) is 5.56 Å². The molecular weight excluding hydrogens is 292 g/mol. The molecule has 0 spiro atoms. The first-order valence-electron chi connectivity index (χ1n) is 6.28. The molecule has 0 aliphatic heterocycles. The summed E-state index contributed by atoms with van der Waals surface area (Å²) in [4.78, 5) is 11.3. The molecule has 0 saturated heterocycles. The highest BCUT2D eigenvalue weighted by Crippen LogP contribution is 2.27. The maximum Gasteiger partial charge on any atom is 0.358 e. The van der Waals surface area contributed by atoms with Crippen molar-refractivity contribution < 1.29 is 18.7 Å². The molecule has 0 aliphatic rings. The zero-order valence-corrected chi connectivity index (χ0v) is 11.1. The lowest BCUT2D eigenvalue weighted by atomic mass is 10.1. The summed E-state index contributed by atoms with van der Waals surface area (Å²) in [6.45, 7) is 0. The number of carbonyl (C=O) groups is 1. The molecule has 0 amide bonds. The zero-order chi connectivity index (χ0) is 15.7. The Morgan fingerprint density at radius 3 is 2.36 bits per heavy atom. The van der Waals surface area contributed by atoms with E-state index in [1.165, 1.54) is 47.1 Å². The third-order valence-electron chi connectivity index (χ3n) is 3.07. The van der Waals surface area contributed by atoms with E-state index in [0.717, 1.165) is 0 Å². The molecule has 0 atom stereocenters. The molecule has 5 nitrogen and oxygen atoms in total. The van der Waals surface area contributed by atoms with Gasteiger partial charge in [-0.1, -0.05) is 17.3 Å². The summed E-state index contributed by atoms with van der Waals surface area (Å²) in [5.74, 6) is -2.38. The smallest absolute Gasteiger partial charge is 0.358 e. The van der Waals surface area contributed by atoms with Crippen LogP contribution >= 0.6 is 0 Å². The molecule has 110 valence electrons. The molecule has 3 rings (SSSR count). The van der Waals surface area contributed by atoms with Crippen LogP contribution in [0.3, 0.4) is 0 Å². The topological polar surface area (TPSA) is 68.0 Å². The molecule has 0 unspecified atom stereocenters. The summed E-state index contributed by atoms with van der Waals surface area (Å²) in [5, 5.41) is 16.6. The number of hydrogen-bond acceptors (Lipinski definition) is 3. The van der Waals surface area contributed by atoms with Gasteiger partial charge in [0.15, 0.2) is 5.69 Å². The van der Waals surface area contributed by atoms with E-state index < -0.39 is 17.6 Å². The first-order valence-corrected chi connectivity index (χ1v) is 6.28. The minimum absolute atomic E-state index is 0.00259. The fourth-order valence-corrected chi connectivity index (χ4v) is 2.08. The summed E-state index contributed by atoms with van der Waals surface area (Å²) in [6, 6.07) is 10.9. The van der Waals surface area contributed by atoms with Crippen LogP contribution in [0.4, 0.5) is 8.78 Å². The van der Waals surface area contributed by atoms with E-state index in [-0.39, 0.29) is 17.0 Å². The predicted octanol–water partition coefficient (Wildman–Crippen LogP) is 2.91. The van der Waals surface area contributed by atoms with E-state index in [4.69, 9.17) is 0 Å². The van der Waals surface area contributed by atoms with Gasteiger partial charge < -0.3 is 5.11 Å². The number of aromatic nitrogens is 3. The predicted molar refractivity (Wildman–Crippen MR) is 73.7 cm³/mol. The van der Waals surface area contributed by atoms with E-state index in [1.807, 2.05) is 0 Å². The van der Waals surface area contributed by atoms with Crippen molar-refractivity contribution in [1.82, 2.24) is 15.0 Å². The average molecular weight is 301 g/mol. The molecule has 0 fully saturated rings. The van der Waals surface area contributed by atoms with Crippen molar-refractivity contribution in [2.75, 3.05) is 0 Å². The molecule has 1 aromatic heterocycles. The molecule has 7 heteroatoms.